The Labute approximate surface area is 116 Å². The van der Waals surface area contributed by atoms with E-state index in [4.69, 9.17) is 5.73 Å². The zero-order valence-electron chi connectivity index (χ0n) is 12.2. The van der Waals surface area contributed by atoms with Crippen LogP contribution in [0.2, 0.25) is 0 Å². The highest BCUT2D eigenvalue weighted by Gasteiger charge is 2.11. The Morgan fingerprint density at radius 3 is 2.74 bits per heavy atom. The third kappa shape index (κ3) is 5.88. The summed E-state index contributed by atoms with van der Waals surface area (Å²) in [5, 5.41) is 0. The molecule has 3 heteroatoms. The van der Waals surface area contributed by atoms with Crippen molar-refractivity contribution in [1.29, 1.82) is 0 Å². The molecule has 0 aliphatic rings. The van der Waals surface area contributed by atoms with Gasteiger partial charge >= 0.3 is 0 Å². The van der Waals surface area contributed by atoms with Gasteiger partial charge in [0.05, 0.1) is 0 Å². The lowest BCUT2D eigenvalue weighted by atomic mass is 10.1. The van der Waals surface area contributed by atoms with E-state index in [0.29, 0.717) is 19.5 Å². The fourth-order valence-corrected chi connectivity index (χ4v) is 2.14. The van der Waals surface area contributed by atoms with Gasteiger partial charge in [-0.3, -0.25) is 4.79 Å². The van der Waals surface area contributed by atoms with Gasteiger partial charge in [0.1, 0.15) is 0 Å². The maximum absolute atomic E-state index is 12.2. The van der Waals surface area contributed by atoms with Crippen molar-refractivity contribution in [2.75, 3.05) is 19.6 Å². The van der Waals surface area contributed by atoms with Gasteiger partial charge in [-0.1, -0.05) is 43.2 Å². The molecule has 1 rings (SSSR count). The van der Waals surface area contributed by atoms with Gasteiger partial charge < -0.3 is 10.6 Å². The number of aryl methyl sites for hydroxylation is 2. The van der Waals surface area contributed by atoms with Gasteiger partial charge in [0, 0.05) is 26.1 Å². The molecule has 0 aromatic heterocycles. The van der Waals surface area contributed by atoms with Crippen LogP contribution in [0.15, 0.2) is 24.3 Å². The number of nitrogens with zero attached hydrogens (tertiary/aromatic N) is 1. The Morgan fingerprint density at radius 2 is 2.11 bits per heavy atom. The van der Waals surface area contributed by atoms with Crippen molar-refractivity contribution >= 4 is 5.91 Å². The number of rotatable bonds is 8. The van der Waals surface area contributed by atoms with Crippen LogP contribution >= 0.6 is 0 Å². The first kappa shape index (κ1) is 15.7. The summed E-state index contributed by atoms with van der Waals surface area (Å²) >= 11 is 0. The van der Waals surface area contributed by atoms with Crippen LogP contribution in [0.4, 0.5) is 0 Å². The third-order valence-corrected chi connectivity index (χ3v) is 3.24. The highest BCUT2D eigenvalue weighted by atomic mass is 16.2. The maximum Gasteiger partial charge on any atom is 0.222 e. The Balaban J connectivity index is 2.47. The van der Waals surface area contributed by atoms with E-state index in [2.05, 4.69) is 32.0 Å². The van der Waals surface area contributed by atoms with Gasteiger partial charge in [-0.2, -0.15) is 0 Å². The summed E-state index contributed by atoms with van der Waals surface area (Å²) < 4.78 is 0. The Hall–Kier alpha value is -1.35. The molecule has 3 nitrogen and oxygen atoms in total. The molecule has 0 saturated carbocycles. The summed E-state index contributed by atoms with van der Waals surface area (Å²) in [6.45, 7) is 6.26. The van der Waals surface area contributed by atoms with E-state index in [-0.39, 0.29) is 5.91 Å². The van der Waals surface area contributed by atoms with E-state index in [1.807, 2.05) is 11.0 Å². The number of carbonyl (C=O) groups is 1. The SMILES string of the molecule is CCCCN(CCN)C(=O)CCc1cccc(C)c1. The molecular formula is C16H26N2O. The Morgan fingerprint density at radius 1 is 1.32 bits per heavy atom. The van der Waals surface area contributed by atoms with Crippen LogP contribution in [0.5, 0.6) is 0 Å². The van der Waals surface area contributed by atoms with Crippen molar-refractivity contribution < 1.29 is 4.79 Å². The second-order valence-electron chi connectivity index (χ2n) is 5.01. The normalized spacial score (nSPS) is 10.5. The fraction of sp³-hybridized carbons (Fsp3) is 0.562. The second-order valence-corrected chi connectivity index (χ2v) is 5.01. The Bertz CT molecular complexity index is 390. The predicted molar refractivity (Wildman–Crippen MR) is 80.0 cm³/mol. The van der Waals surface area contributed by atoms with E-state index in [0.717, 1.165) is 25.8 Å². The van der Waals surface area contributed by atoms with E-state index in [9.17, 15) is 4.79 Å². The molecule has 0 aliphatic carbocycles. The van der Waals surface area contributed by atoms with E-state index >= 15 is 0 Å². The molecule has 1 aromatic carbocycles. The van der Waals surface area contributed by atoms with Crippen LogP contribution < -0.4 is 5.73 Å². The van der Waals surface area contributed by atoms with Crippen molar-refractivity contribution in [2.24, 2.45) is 5.73 Å². The molecule has 0 fully saturated rings. The van der Waals surface area contributed by atoms with E-state index in [1.54, 1.807) is 0 Å². The van der Waals surface area contributed by atoms with Crippen molar-refractivity contribution in [2.45, 2.75) is 39.5 Å². The molecule has 1 amide bonds. The third-order valence-electron chi connectivity index (χ3n) is 3.24. The molecule has 0 heterocycles. The first-order chi connectivity index (χ1) is 9.17. The monoisotopic (exact) mass is 262 g/mol. The minimum atomic E-state index is 0.223. The lowest BCUT2D eigenvalue weighted by Gasteiger charge is -2.21. The van der Waals surface area contributed by atoms with Crippen molar-refractivity contribution in [3.8, 4) is 0 Å². The van der Waals surface area contributed by atoms with Crippen molar-refractivity contribution in [3.63, 3.8) is 0 Å². The van der Waals surface area contributed by atoms with E-state index < -0.39 is 0 Å². The van der Waals surface area contributed by atoms with Crippen LogP contribution in [-0.2, 0) is 11.2 Å². The molecule has 0 unspecified atom stereocenters. The van der Waals surface area contributed by atoms with Crippen LogP contribution in [0.1, 0.15) is 37.3 Å². The van der Waals surface area contributed by atoms with Crippen LogP contribution in [0.25, 0.3) is 0 Å². The van der Waals surface area contributed by atoms with Gasteiger partial charge in [0.25, 0.3) is 0 Å². The molecule has 0 atom stereocenters. The average molecular weight is 262 g/mol. The van der Waals surface area contributed by atoms with Gasteiger partial charge in [-0.05, 0) is 25.3 Å². The van der Waals surface area contributed by atoms with Crippen LogP contribution in [-0.4, -0.2) is 30.4 Å². The molecule has 0 aliphatic heterocycles. The second kappa shape index (κ2) is 8.70. The minimum absolute atomic E-state index is 0.223. The van der Waals surface area contributed by atoms with Gasteiger partial charge in [0.2, 0.25) is 5.91 Å². The zero-order valence-corrected chi connectivity index (χ0v) is 12.2. The largest absolute Gasteiger partial charge is 0.341 e. The summed E-state index contributed by atoms with van der Waals surface area (Å²) in [4.78, 5) is 14.1. The number of unbranched alkanes of at least 4 members (excludes halogenated alkanes) is 1. The quantitative estimate of drug-likeness (QED) is 0.782. The summed E-state index contributed by atoms with van der Waals surface area (Å²) in [7, 11) is 0. The summed E-state index contributed by atoms with van der Waals surface area (Å²) in [6.07, 6.45) is 3.54. The molecule has 0 bridgehead atoms. The number of nitrogens with two attached hydrogens (primary N) is 1. The van der Waals surface area contributed by atoms with Crippen LogP contribution in [0, 0.1) is 6.92 Å². The first-order valence-electron chi connectivity index (χ1n) is 7.20. The molecular weight excluding hydrogens is 236 g/mol. The first-order valence-corrected chi connectivity index (χ1v) is 7.20. The maximum atomic E-state index is 12.2. The number of amides is 1. The van der Waals surface area contributed by atoms with Gasteiger partial charge in [-0.25, -0.2) is 0 Å². The smallest absolute Gasteiger partial charge is 0.222 e. The molecule has 0 saturated heterocycles. The molecule has 0 radical (unpaired) electrons. The Kier molecular flexibility index (Phi) is 7.19. The molecule has 106 valence electrons. The topological polar surface area (TPSA) is 46.3 Å². The number of hydrogen-bond donors (Lipinski definition) is 1. The zero-order chi connectivity index (χ0) is 14.1. The van der Waals surface area contributed by atoms with Gasteiger partial charge in [0.15, 0.2) is 0 Å². The highest BCUT2D eigenvalue weighted by molar-refractivity contribution is 5.76. The standard InChI is InChI=1S/C16H26N2O/c1-3-4-11-18(12-10-17)16(19)9-8-15-7-5-6-14(2)13-15/h5-7,13H,3-4,8-12,17H2,1-2H3. The lowest BCUT2D eigenvalue weighted by molar-refractivity contribution is -0.131. The molecule has 1 aromatic rings. The fourth-order valence-electron chi connectivity index (χ4n) is 2.14. The molecule has 19 heavy (non-hydrogen) atoms. The summed E-state index contributed by atoms with van der Waals surface area (Å²) in [6, 6.07) is 8.35. The van der Waals surface area contributed by atoms with Crippen molar-refractivity contribution in [1.82, 2.24) is 4.90 Å². The molecule has 0 spiro atoms. The highest BCUT2D eigenvalue weighted by Crippen LogP contribution is 2.08. The molecule has 2 N–H and O–H groups in total. The summed E-state index contributed by atoms with van der Waals surface area (Å²) in [5.41, 5.74) is 8.05. The number of benzene rings is 1. The van der Waals surface area contributed by atoms with E-state index in [1.165, 1.54) is 11.1 Å². The predicted octanol–water partition coefficient (Wildman–Crippen LogP) is 2.52. The lowest BCUT2D eigenvalue weighted by Crippen LogP contribution is -2.36. The minimum Gasteiger partial charge on any atom is -0.341 e. The van der Waals surface area contributed by atoms with Crippen molar-refractivity contribution in [3.05, 3.63) is 35.4 Å². The number of hydrogen-bond acceptors (Lipinski definition) is 2. The number of carbonyl (C=O) groups excluding carboxylic acids is 1. The average Bonchev–Trinajstić information content (AvgIpc) is 2.41. The van der Waals surface area contributed by atoms with Gasteiger partial charge in [-0.15, -0.1) is 0 Å². The van der Waals surface area contributed by atoms with Crippen LogP contribution in [0.3, 0.4) is 0 Å². The summed E-state index contributed by atoms with van der Waals surface area (Å²) in [5.74, 6) is 0.223.